The molecule has 0 saturated heterocycles. The van der Waals surface area contributed by atoms with E-state index in [0.717, 1.165) is 17.0 Å². The lowest BCUT2D eigenvalue weighted by Crippen LogP contribution is -2.20. The van der Waals surface area contributed by atoms with Crippen LogP contribution in [0.2, 0.25) is 10.0 Å². The molecule has 1 heterocycles. The summed E-state index contributed by atoms with van der Waals surface area (Å²) in [5, 5.41) is 14.1. The van der Waals surface area contributed by atoms with E-state index in [-0.39, 0.29) is 11.7 Å². The smallest absolute Gasteiger partial charge is 0.250 e. The Morgan fingerprint density at radius 2 is 1.74 bits per heavy atom. The Morgan fingerprint density at radius 3 is 2.41 bits per heavy atom. The predicted molar refractivity (Wildman–Crippen MR) is 136 cm³/mol. The van der Waals surface area contributed by atoms with Crippen molar-refractivity contribution in [3.8, 4) is 22.8 Å². The average molecular weight is 512 g/mol. The third-order valence-corrected chi connectivity index (χ3v) is 6.30. The Kier molecular flexibility index (Phi) is 7.84. The number of halogens is 2. The highest BCUT2D eigenvalue weighted by Crippen LogP contribution is 2.29. The van der Waals surface area contributed by atoms with Crippen LogP contribution in [0.5, 0.6) is 5.75 Å². The third kappa shape index (κ3) is 5.59. The van der Waals surface area contributed by atoms with Gasteiger partial charge >= 0.3 is 0 Å². The van der Waals surface area contributed by atoms with Crippen LogP contribution >= 0.6 is 35.0 Å². The molecule has 4 rings (SSSR count). The van der Waals surface area contributed by atoms with E-state index >= 15 is 0 Å². The van der Waals surface area contributed by atoms with Crippen molar-refractivity contribution in [1.29, 1.82) is 0 Å². The lowest BCUT2D eigenvalue weighted by atomic mass is 10.2. The number of amides is 1. The molecule has 0 radical (unpaired) electrons. The van der Waals surface area contributed by atoms with Crippen molar-refractivity contribution in [1.82, 2.24) is 20.2 Å². The zero-order valence-electron chi connectivity index (χ0n) is 18.0. The van der Waals surface area contributed by atoms with E-state index in [1.807, 2.05) is 59.2 Å². The number of hydrogen-bond acceptors (Lipinski definition) is 6. The standard InChI is InChI=1S/C24H19Cl2N5O2S/c1-33-18-12-10-17(11-13-18)31-23(16-6-3-2-4-7-16)29-30-24(31)34-15-22(32)28-27-14-19-20(25)8-5-9-21(19)26/h2-14H,15H2,1H3,(H,28,32)/b27-14-. The Hall–Kier alpha value is -3.33. The molecule has 3 aromatic carbocycles. The number of carbonyl (C=O) groups excluding carboxylic acids is 1. The van der Waals surface area contributed by atoms with Gasteiger partial charge in [0.25, 0.3) is 5.91 Å². The van der Waals surface area contributed by atoms with Crippen LogP contribution in [0.3, 0.4) is 0 Å². The van der Waals surface area contributed by atoms with Gasteiger partial charge in [-0.15, -0.1) is 10.2 Å². The van der Waals surface area contributed by atoms with Gasteiger partial charge in [-0.1, -0.05) is 71.4 Å². The lowest BCUT2D eigenvalue weighted by molar-refractivity contribution is -0.118. The number of thioether (sulfide) groups is 1. The fraction of sp³-hybridized carbons (Fsp3) is 0.0833. The summed E-state index contributed by atoms with van der Waals surface area (Å²) in [6.45, 7) is 0. The van der Waals surface area contributed by atoms with E-state index in [2.05, 4.69) is 20.7 Å². The number of rotatable bonds is 8. The number of nitrogens with one attached hydrogen (secondary N) is 1. The van der Waals surface area contributed by atoms with Gasteiger partial charge in [-0.3, -0.25) is 9.36 Å². The molecule has 0 aliphatic rings. The normalized spacial score (nSPS) is 11.0. The van der Waals surface area contributed by atoms with E-state index in [0.29, 0.717) is 26.6 Å². The predicted octanol–water partition coefficient (Wildman–Crippen LogP) is 5.49. The van der Waals surface area contributed by atoms with Crippen LogP contribution < -0.4 is 10.2 Å². The van der Waals surface area contributed by atoms with Gasteiger partial charge < -0.3 is 4.74 Å². The molecule has 0 spiro atoms. The zero-order chi connectivity index (χ0) is 23.9. The SMILES string of the molecule is COc1ccc(-n2c(SCC(=O)N/N=C\c3c(Cl)cccc3Cl)nnc2-c2ccccc2)cc1. The van der Waals surface area contributed by atoms with Crippen molar-refractivity contribution in [2.24, 2.45) is 5.10 Å². The van der Waals surface area contributed by atoms with Crippen molar-refractivity contribution in [3.05, 3.63) is 88.4 Å². The molecule has 0 unspecified atom stereocenters. The summed E-state index contributed by atoms with van der Waals surface area (Å²) >= 11 is 13.5. The van der Waals surface area contributed by atoms with Gasteiger partial charge in [-0.05, 0) is 36.4 Å². The van der Waals surface area contributed by atoms with Gasteiger partial charge in [-0.2, -0.15) is 5.10 Å². The maximum Gasteiger partial charge on any atom is 0.250 e. The van der Waals surface area contributed by atoms with Crippen LogP contribution in [0.15, 0.2) is 83.1 Å². The van der Waals surface area contributed by atoms with Crippen LogP contribution in [0.4, 0.5) is 0 Å². The highest BCUT2D eigenvalue weighted by atomic mass is 35.5. The molecule has 0 bridgehead atoms. The topological polar surface area (TPSA) is 81.4 Å². The van der Waals surface area contributed by atoms with Gasteiger partial charge in [0, 0.05) is 16.8 Å². The number of nitrogens with zero attached hydrogens (tertiary/aromatic N) is 4. The third-order valence-electron chi connectivity index (χ3n) is 4.71. The number of hydrogen-bond donors (Lipinski definition) is 1. The number of ether oxygens (including phenoxy) is 1. The van der Waals surface area contributed by atoms with Gasteiger partial charge in [0.2, 0.25) is 0 Å². The van der Waals surface area contributed by atoms with E-state index in [1.54, 1.807) is 25.3 Å². The first-order valence-corrected chi connectivity index (χ1v) is 11.8. The van der Waals surface area contributed by atoms with E-state index in [4.69, 9.17) is 27.9 Å². The lowest BCUT2D eigenvalue weighted by Gasteiger charge is -2.11. The first kappa shape index (κ1) is 23.8. The Balaban J connectivity index is 1.52. The summed E-state index contributed by atoms with van der Waals surface area (Å²) in [7, 11) is 1.62. The molecule has 10 heteroatoms. The molecule has 7 nitrogen and oxygen atoms in total. The Labute approximate surface area is 210 Å². The molecule has 34 heavy (non-hydrogen) atoms. The minimum Gasteiger partial charge on any atom is -0.497 e. The zero-order valence-corrected chi connectivity index (χ0v) is 20.3. The van der Waals surface area contributed by atoms with E-state index in [1.165, 1.54) is 18.0 Å². The maximum absolute atomic E-state index is 12.4. The summed E-state index contributed by atoms with van der Waals surface area (Å²) in [6.07, 6.45) is 1.42. The molecule has 0 atom stereocenters. The number of aromatic nitrogens is 3. The highest BCUT2D eigenvalue weighted by molar-refractivity contribution is 7.99. The summed E-state index contributed by atoms with van der Waals surface area (Å²) in [5.41, 5.74) is 4.77. The van der Waals surface area contributed by atoms with E-state index in [9.17, 15) is 4.79 Å². The molecule has 0 aliphatic carbocycles. The number of carbonyl (C=O) groups is 1. The van der Waals surface area contributed by atoms with E-state index < -0.39 is 0 Å². The van der Waals surface area contributed by atoms with Crippen molar-refractivity contribution in [2.75, 3.05) is 12.9 Å². The molecular weight excluding hydrogens is 493 g/mol. The van der Waals surface area contributed by atoms with Crippen molar-refractivity contribution >= 4 is 47.1 Å². The molecule has 0 fully saturated rings. The highest BCUT2D eigenvalue weighted by Gasteiger charge is 2.17. The quantitative estimate of drug-likeness (QED) is 0.192. The Bertz CT molecular complexity index is 1290. The second-order valence-electron chi connectivity index (χ2n) is 6.92. The summed E-state index contributed by atoms with van der Waals surface area (Å²) in [4.78, 5) is 12.4. The Morgan fingerprint density at radius 1 is 1.03 bits per heavy atom. The second-order valence-corrected chi connectivity index (χ2v) is 8.68. The minimum atomic E-state index is -0.310. The fourth-order valence-corrected chi connectivity index (χ4v) is 4.31. The van der Waals surface area contributed by atoms with Gasteiger partial charge in [-0.25, -0.2) is 5.43 Å². The van der Waals surface area contributed by atoms with Gasteiger partial charge in [0.1, 0.15) is 5.75 Å². The monoisotopic (exact) mass is 511 g/mol. The van der Waals surface area contributed by atoms with Crippen LogP contribution in [0, 0.1) is 0 Å². The van der Waals surface area contributed by atoms with Crippen LogP contribution in [-0.4, -0.2) is 39.7 Å². The maximum atomic E-state index is 12.4. The molecule has 1 N–H and O–H groups in total. The largest absolute Gasteiger partial charge is 0.497 e. The number of hydrazone groups is 1. The van der Waals surface area contributed by atoms with Crippen molar-refractivity contribution < 1.29 is 9.53 Å². The molecule has 0 saturated carbocycles. The number of methoxy groups -OCH3 is 1. The first-order chi connectivity index (χ1) is 16.6. The molecule has 172 valence electrons. The summed E-state index contributed by atoms with van der Waals surface area (Å²) in [5.74, 6) is 1.18. The minimum absolute atomic E-state index is 0.0800. The molecule has 1 amide bonds. The van der Waals surface area contributed by atoms with Crippen LogP contribution in [0.1, 0.15) is 5.56 Å². The first-order valence-electron chi connectivity index (χ1n) is 10.1. The average Bonchev–Trinajstić information content (AvgIpc) is 3.29. The van der Waals surface area contributed by atoms with Crippen molar-refractivity contribution in [2.45, 2.75) is 5.16 Å². The summed E-state index contributed by atoms with van der Waals surface area (Å²) < 4.78 is 7.17. The van der Waals surface area contributed by atoms with Gasteiger partial charge in [0.15, 0.2) is 11.0 Å². The van der Waals surface area contributed by atoms with Crippen LogP contribution in [0.25, 0.3) is 17.1 Å². The van der Waals surface area contributed by atoms with Crippen LogP contribution in [-0.2, 0) is 4.79 Å². The van der Waals surface area contributed by atoms with Crippen molar-refractivity contribution in [3.63, 3.8) is 0 Å². The molecule has 4 aromatic rings. The van der Waals surface area contributed by atoms with Gasteiger partial charge in [0.05, 0.1) is 29.1 Å². The molecule has 0 aliphatic heterocycles. The summed E-state index contributed by atoms with van der Waals surface area (Å²) in [6, 6.07) is 22.4. The molecular formula is C24H19Cl2N5O2S. The molecule has 1 aromatic heterocycles. The number of benzene rings is 3. The second kappa shape index (κ2) is 11.2. The fourth-order valence-electron chi connectivity index (χ4n) is 3.07.